The largest absolute Gasteiger partial charge is 0.382 e. The van der Waals surface area contributed by atoms with Crippen LogP contribution in [0.15, 0.2) is 24.3 Å². The molecule has 0 saturated carbocycles. The average molecular weight is 275 g/mol. The van der Waals surface area contributed by atoms with Gasteiger partial charge in [0.25, 0.3) is 0 Å². The van der Waals surface area contributed by atoms with E-state index in [2.05, 4.69) is 36.5 Å². The van der Waals surface area contributed by atoms with E-state index in [0.717, 1.165) is 45.5 Å². The van der Waals surface area contributed by atoms with Gasteiger partial charge in [0.1, 0.15) is 0 Å². The van der Waals surface area contributed by atoms with Crippen LogP contribution in [0.1, 0.15) is 38.2 Å². The molecule has 0 radical (unpaired) electrons. The van der Waals surface area contributed by atoms with Crippen LogP contribution < -0.4 is 5.32 Å². The van der Waals surface area contributed by atoms with Crippen LogP contribution in [0.4, 0.5) is 5.69 Å². The number of aryl methyl sites for hydroxylation is 1. The predicted octanol–water partition coefficient (Wildman–Crippen LogP) is 3.39. The molecule has 3 rings (SSSR count). The Morgan fingerprint density at radius 1 is 1.25 bits per heavy atom. The normalized spacial score (nSPS) is 29.8. The topological polar surface area (TPSA) is 30.5 Å². The lowest BCUT2D eigenvalue weighted by molar-refractivity contribution is -0.0828. The van der Waals surface area contributed by atoms with Crippen molar-refractivity contribution in [3.63, 3.8) is 0 Å². The highest BCUT2D eigenvalue weighted by atomic mass is 16.6. The maximum atomic E-state index is 5.98. The van der Waals surface area contributed by atoms with E-state index in [9.17, 15) is 0 Å². The predicted molar refractivity (Wildman–Crippen MR) is 81.2 cm³/mol. The summed E-state index contributed by atoms with van der Waals surface area (Å²) in [6.07, 6.45) is 5.55. The standard InChI is InChI=1S/C17H25NO2/c1-2-3-14-4-6-15(7-5-14)18-16-8-10-20-17(12-16)9-11-19-13-17/h4-7,16,18H,2-3,8-13H2,1H3. The third-order valence-electron chi connectivity index (χ3n) is 4.42. The van der Waals surface area contributed by atoms with E-state index in [4.69, 9.17) is 9.47 Å². The first-order valence-electron chi connectivity index (χ1n) is 7.87. The molecule has 2 aliphatic rings. The minimum Gasteiger partial charge on any atom is -0.382 e. The molecule has 2 atom stereocenters. The van der Waals surface area contributed by atoms with Crippen molar-refractivity contribution in [3.05, 3.63) is 29.8 Å². The Morgan fingerprint density at radius 3 is 2.80 bits per heavy atom. The SMILES string of the molecule is CCCc1ccc(NC2CCOC3(CCOC3)C2)cc1. The minimum absolute atomic E-state index is 0.0158. The number of ether oxygens (including phenoxy) is 2. The van der Waals surface area contributed by atoms with Crippen molar-refractivity contribution >= 4 is 5.69 Å². The van der Waals surface area contributed by atoms with Crippen LogP contribution in [0, 0.1) is 0 Å². The van der Waals surface area contributed by atoms with Gasteiger partial charge in [-0.3, -0.25) is 0 Å². The van der Waals surface area contributed by atoms with E-state index in [1.54, 1.807) is 0 Å². The number of hydrogen-bond acceptors (Lipinski definition) is 3. The molecule has 0 amide bonds. The molecule has 3 nitrogen and oxygen atoms in total. The summed E-state index contributed by atoms with van der Waals surface area (Å²) in [5.41, 5.74) is 2.63. The summed E-state index contributed by atoms with van der Waals surface area (Å²) in [6, 6.07) is 9.39. The summed E-state index contributed by atoms with van der Waals surface area (Å²) in [4.78, 5) is 0. The zero-order valence-corrected chi connectivity index (χ0v) is 12.4. The van der Waals surface area contributed by atoms with Gasteiger partial charge >= 0.3 is 0 Å². The van der Waals surface area contributed by atoms with Crippen molar-refractivity contribution in [2.24, 2.45) is 0 Å². The van der Waals surface area contributed by atoms with E-state index >= 15 is 0 Å². The van der Waals surface area contributed by atoms with E-state index in [1.807, 2.05) is 0 Å². The first kappa shape index (κ1) is 13.9. The maximum Gasteiger partial charge on any atom is 0.0956 e. The van der Waals surface area contributed by atoms with Gasteiger partial charge in [-0.05, 0) is 37.0 Å². The van der Waals surface area contributed by atoms with Crippen LogP contribution >= 0.6 is 0 Å². The van der Waals surface area contributed by atoms with Crippen LogP contribution in [0.2, 0.25) is 0 Å². The van der Waals surface area contributed by atoms with Crippen LogP contribution in [0.5, 0.6) is 0 Å². The van der Waals surface area contributed by atoms with Crippen molar-refractivity contribution in [2.45, 2.75) is 50.7 Å². The molecule has 110 valence electrons. The highest BCUT2D eigenvalue weighted by Gasteiger charge is 2.40. The fourth-order valence-electron chi connectivity index (χ4n) is 3.31. The Labute approximate surface area is 121 Å². The Kier molecular flexibility index (Phi) is 4.27. The van der Waals surface area contributed by atoms with Crippen LogP contribution in [-0.2, 0) is 15.9 Å². The quantitative estimate of drug-likeness (QED) is 0.913. The van der Waals surface area contributed by atoms with Gasteiger partial charge in [0.15, 0.2) is 0 Å². The Bertz CT molecular complexity index is 423. The average Bonchev–Trinajstić information content (AvgIpc) is 2.89. The molecule has 2 heterocycles. The summed E-state index contributed by atoms with van der Waals surface area (Å²) < 4.78 is 11.5. The van der Waals surface area contributed by atoms with Crippen molar-refractivity contribution in [2.75, 3.05) is 25.1 Å². The van der Waals surface area contributed by atoms with Gasteiger partial charge in [-0.15, -0.1) is 0 Å². The summed E-state index contributed by atoms with van der Waals surface area (Å²) in [5.74, 6) is 0. The molecule has 0 aliphatic carbocycles. The lowest BCUT2D eigenvalue weighted by Gasteiger charge is -2.37. The highest BCUT2D eigenvalue weighted by Crippen LogP contribution is 2.34. The smallest absolute Gasteiger partial charge is 0.0956 e. The number of rotatable bonds is 4. The molecule has 1 spiro atoms. The summed E-state index contributed by atoms with van der Waals surface area (Å²) in [7, 11) is 0. The van der Waals surface area contributed by atoms with Gasteiger partial charge in [0.05, 0.1) is 12.2 Å². The molecule has 1 aromatic rings. The Morgan fingerprint density at radius 2 is 2.10 bits per heavy atom. The first-order chi connectivity index (χ1) is 9.80. The second-order valence-electron chi connectivity index (χ2n) is 6.12. The third-order valence-corrected chi connectivity index (χ3v) is 4.42. The molecule has 20 heavy (non-hydrogen) atoms. The Balaban J connectivity index is 1.59. The fraction of sp³-hybridized carbons (Fsp3) is 0.647. The molecular formula is C17H25NO2. The molecule has 1 N–H and O–H groups in total. The van der Waals surface area contributed by atoms with Gasteiger partial charge in [0, 0.05) is 31.4 Å². The van der Waals surface area contributed by atoms with E-state index in [-0.39, 0.29) is 5.60 Å². The molecule has 3 heteroatoms. The molecule has 2 aliphatic heterocycles. The molecule has 1 aromatic carbocycles. The summed E-state index contributed by atoms with van der Waals surface area (Å²) >= 11 is 0. The molecule has 2 fully saturated rings. The lowest BCUT2D eigenvalue weighted by atomic mass is 9.89. The molecular weight excluding hydrogens is 250 g/mol. The fourth-order valence-corrected chi connectivity index (χ4v) is 3.31. The second kappa shape index (κ2) is 6.15. The maximum absolute atomic E-state index is 5.98. The monoisotopic (exact) mass is 275 g/mol. The van der Waals surface area contributed by atoms with E-state index in [0.29, 0.717) is 6.04 Å². The molecule has 2 unspecified atom stereocenters. The van der Waals surface area contributed by atoms with Crippen LogP contribution in [0.25, 0.3) is 0 Å². The van der Waals surface area contributed by atoms with Gasteiger partial charge < -0.3 is 14.8 Å². The van der Waals surface area contributed by atoms with E-state index < -0.39 is 0 Å². The number of benzene rings is 1. The van der Waals surface area contributed by atoms with Crippen molar-refractivity contribution in [1.82, 2.24) is 0 Å². The van der Waals surface area contributed by atoms with Gasteiger partial charge in [0.2, 0.25) is 0 Å². The lowest BCUT2D eigenvalue weighted by Crippen LogP contribution is -2.44. The van der Waals surface area contributed by atoms with Crippen LogP contribution in [0.3, 0.4) is 0 Å². The van der Waals surface area contributed by atoms with Gasteiger partial charge in [-0.25, -0.2) is 0 Å². The van der Waals surface area contributed by atoms with Gasteiger partial charge in [-0.1, -0.05) is 25.5 Å². The zero-order chi connectivity index (χ0) is 13.8. The Hall–Kier alpha value is -1.06. The second-order valence-corrected chi connectivity index (χ2v) is 6.12. The summed E-state index contributed by atoms with van der Waals surface area (Å²) in [6.45, 7) is 4.67. The third kappa shape index (κ3) is 3.15. The molecule has 0 bridgehead atoms. The summed E-state index contributed by atoms with van der Waals surface area (Å²) in [5, 5.41) is 3.67. The molecule has 2 saturated heterocycles. The van der Waals surface area contributed by atoms with Crippen molar-refractivity contribution in [3.8, 4) is 0 Å². The van der Waals surface area contributed by atoms with Crippen molar-refractivity contribution < 1.29 is 9.47 Å². The number of anilines is 1. The van der Waals surface area contributed by atoms with Crippen molar-refractivity contribution in [1.29, 1.82) is 0 Å². The minimum atomic E-state index is -0.0158. The molecule has 0 aromatic heterocycles. The first-order valence-corrected chi connectivity index (χ1v) is 7.87. The highest BCUT2D eigenvalue weighted by molar-refractivity contribution is 5.45. The number of nitrogens with one attached hydrogen (secondary N) is 1. The number of hydrogen-bond donors (Lipinski definition) is 1. The van der Waals surface area contributed by atoms with Crippen LogP contribution in [-0.4, -0.2) is 31.5 Å². The van der Waals surface area contributed by atoms with E-state index in [1.165, 1.54) is 17.7 Å². The zero-order valence-electron chi connectivity index (χ0n) is 12.4. The van der Waals surface area contributed by atoms with Gasteiger partial charge in [-0.2, -0.15) is 0 Å².